The summed E-state index contributed by atoms with van der Waals surface area (Å²) in [6, 6.07) is 7.97. The summed E-state index contributed by atoms with van der Waals surface area (Å²) in [5.41, 5.74) is 1.35. The van der Waals surface area contributed by atoms with Crippen LogP contribution in [0.25, 0.3) is 0 Å². The minimum absolute atomic E-state index is 0.0218. The number of ether oxygens (including phenoxy) is 1. The van der Waals surface area contributed by atoms with E-state index in [2.05, 4.69) is 17.0 Å². The van der Waals surface area contributed by atoms with E-state index in [1.165, 1.54) is 23.3 Å². The molecule has 1 spiro atoms. The van der Waals surface area contributed by atoms with Crippen molar-refractivity contribution >= 4 is 17.6 Å². The molecular formula is C25H35N3O3. The Bertz CT molecular complexity index is 816. The van der Waals surface area contributed by atoms with Crippen LogP contribution < -0.4 is 4.90 Å². The number of imide groups is 1. The summed E-state index contributed by atoms with van der Waals surface area (Å²) in [7, 11) is 0. The van der Waals surface area contributed by atoms with Crippen molar-refractivity contribution in [2.75, 3.05) is 44.3 Å². The molecule has 168 valence electrons. The topological polar surface area (TPSA) is 53.1 Å². The van der Waals surface area contributed by atoms with Gasteiger partial charge >= 0.3 is 6.03 Å². The Labute approximate surface area is 185 Å². The lowest BCUT2D eigenvalue weighted by Crippen LogP contribution is -2.50. The highest BCUT2D eigenvalue weighted by molar-refractivity contribution is 6.23. The zero-order valence-electron chi connectivity index (χ0n) is 18.7. The summed E-state index contributed by atoms with van der Waals surface area (Å²) in [4.78, 5) is 33.0. The maximum atomic E-state index is 13.8. The number of likely N-dealkylation sites (tertiary alicyclic amines) is 1. The number of rotatable bonds is 5. The Morgan fingerprint density at radius 1 is 1.00 bits per heavy atom. The lowest BCUT2D eigenvalue weighted by atomic mass is 9.88. The summed E-state index contributed by atoms with van der Waals surface area (Å²) in [5, 5.41) is 0. The van der Waals surface area contributed by atoms with Gasteiger partial charge in [-0.3, -0.25) is 4.79 Å². The number of amides is 3. The van der Waals surface area contributed by atoms with Crippen LogP contribution >= 0.6 is 0 Å². The Kier molecular flexibility index (Phi) is 5.78. The zero-order valence-corrected chi connectivity index (χ0v) is 18.7. The van der Waals surface area contributed by atoms with Crippen molar-refractivity contribution in [1.29, 1.82) is 0 Å². The molecule has 6 nitrogen and oxygen atoms in total. The molecule has 6 heteroatoms. The molecule has 3 amide bonds. The van der Waals surface area contributed by atoms with Gasteiger partial charge in [-0.25, -0.2) is 9.69 Å². The summed E-state index contributed by atoms with van der Waals surface area (Å²) in [6.45, 7) is 7.27. The number of likely N-dealkylation sites (N-methyl/N-ethyl adjacent to an activating group) is 1. The average molecular weight is 426 g/mol. The molecule has 0 bridgehead atoms. The van der Waals surface area contributed by atoms with E-state index in [-0.39, 0.29) is 11.9 Å². The third-order valence-electron chi connectivity index (χ3n) is 7.82. The average Bonchev–Trinajstić information content (AvgIpc) is 3.62. The van der Waals surface area contributed by atoms with Gasteiger partial charge in [-0.05, 0) is 87.9 Å². The van der Waals surface area contributed by atoms with Crippen molar-refractivity contribution in [3.8, 4) is 0 Å². The maximum absolute atomic E-state index is 13.8. The fourth-order valence-corrected chi connectivity index (χ4v) is 5.83. The van der Waals surface area contributed by atoms with Gasteiger partial charge in [-0.2, -0.15) is 0 Å². The van der Waals surface area contributed by atoms with Gasteiger partial charge in [0, 0.05) is 32.8 Å². The molecule has 3 aliphatic heterocycles. The Balaban J connectivity index is 1.33. The fraction of sp³-hybridized carbons (Fsp3) is 0.680. The van der Waals surface area contributed by atoms with Crippen molar-refractivity contribution < 1.29 is 14.3 Å². The number of nitrogens with zero attached hydrogens (tertiary/aromatic N) is 3. The van der Waals surface area contributed by atoms with Crippen LogP contribution in [-0.4, -0.2) is 66.7 Å². The van der Waals surface area contributed by atoms with Gasteiger partial charge in [0.05, 0.1) is 5.69 Å². The predicted octanol–water partition coefficient (Wildman–Crippen LogP) is 4.00. The molecule has 31 heavy (non-hydrogen) atoms. The lowest BCUT2D eigenvalue weighted by Gasteiger charge is -2.34. The van der Waals surface area contributed by atoms with Crippen molar-refractivity contribution in [2.24, 2.45) is 5.92 Å². The molecule has 5 rings (SSSR count). The van der Waals surface area contributed by atoms with Crippen molar-refractivity contribution in [2.45, 2.75) is 63.3 Å². The van der Waals surface area contributed by atoms with Gasteiger partial charge in [0.25, 0.3) is 5.91 Å². The molecule has 1 saturated carbocycles. The molecule has 1 aromatic carbocycles. The monoisotopic (exact) mass is 425 g/mol. The number of hydrogen-bond acceptors (Lipinski definition) is 4. The van der Waals surface area contributed by atoms with E-state index in [1.54, 1.807) is 0 Å². The number of hydrogen-bond donors (Lipinski definition) is 0. The van der Waals surface area contributed by atoms with Crippen molar-refractivity contribution in [1.82, 2.24) is 9.80 Å². The van der Waals surface area contributed by atoms with Crippen LogP contribution in [0, 0.1) is 5.92 Å². The van der Waals surface area contributed by atoms with Gasteiger partial charge in [-0.1, -0.05) is 12.1 Å². The molecule has 1 aliphatic carbocycles. The van der Waals surface area contributed by atoms with Crippen molar-refractivity contribution in [3.63, 3.8) is 0 Å². The molecule has 1 atom stereocenters. The smallest absolute Gasteiger partial charge is 0.332 e. The Morgan fingerprint density at radius 3 is 2.42 bits per heavy atom. The number of carbonyl (C=O) groups is 2. The van der Waals surface area contributed by atoms with Gasteiger partial charge in [0.2, 0.25) is 0 Å². The van der Waals surface area contributed by atoms with Gasteiger partial charge in [0.1, 0.15) is 5.54 Å². The highest BCUT2D eigenvalue weighted by Gasteiger charge is 2.57. The fourth-order valence-electron chi connectivity index (χ4n) is 5.83. The molecule has 0 radical (unpaired) electrons. The van der Waals surface area contributed by atoms with E-state index in [0.29, 0.717) is 18.4 Å². The van der Waals surface area contributed by atoms with Crippen LogP contribution in [0.2, 0.25) is 0 Å². The highest BCUT2D eigenvalue weighted by atomic mass is 16.5. The van der Waals surface area contributed by atoms with E-state index in [9.17, 15) is 9.59 Å². The minimum atomic E-state index is -0.689. The number of anilines is 1. The van der Waals surface area contributed by atoms with Gasteiger partial charge in [-0.15, -0.1) is 0 Å². The van der Waals surface area contributed by atoms with Crippen LogP contribution in [-0.2, 0) is 9.53 Å². The Morgan fingerprint density at radius 2 is 1.74 bits per heavy atom. The first-order chi connectivity index (χ1) is 15.1. The van der Waals surface area contributed by atoms with Gasteiger partial charge < -0.3 is 14.5 Å². The first-order valence-corrected chi connectivity index (χ1v) is 12.2. The molecule has 1 aromatic rings. The normalized spacial score (nSPS) is 28.5. The van der Waals surface area contributed by atoms with E-state index < -0.39 is 5.54 Å². The molecule has 0 aromatic heterocycles. The molecule has 0 unspecified atom stereocenters. The maximum Gasteiger partial charge on any atom is 0.332 e. The van der Waals surface area contributed by atoms with Gasteiger partial charge in [0.15, 0.2) is 0 Å². The molecular weight excluding hydrogens is 390 g/mol. The van der Waals surface area contributed by atoms with Crippen LogP contribution in [0.5, 0.6) is 0 Å². The number of urea groups is 1. The standard InChI is InChI=1S/C25H35N3O3/c1-2-27-24(30)28(22-8-6-21(7-9-22)20-4-5-20)23(29)25(27)12-3-14-26(15-13-25)18-19-10-16-31-17-11-19/h6-9,19-20H,2-5,10-18H2,1H3/t25-/m0/s1. The SMILES string of the molecule is CCN1C(=O)N(c2ccc(C3CC3)cc2)C(=O)[C@@]12CCCN(CC1CCOCC1)CC2. The number of carbonyl (C=O) groups excluding carboxylic acids is 2. The summed E-state index contributed by atoms with van der Waals surface area (Å²) in [6.07, 6.45) is 7.19. The van der Waals surface area contributed by atoms with E-state index >= 15 is 0 Å². The van der Waals surface area contributed by atoms with E-state index in [1.807, 2.05) is 24.0 Å². The van der Waals surface area contributed by atoms with Crippen molar-refractivity contribution in [3.05, 3.63) is 29.8 Å². The second kappa shape index (κ2) is 8.55. The second-order valence-corrected chi connectivity index (χ2v) is 9.77. The van der Waals surface area contributed by atoms with Crippen LogP contribution in [0.4, 0.5) is 10.5 Å². The Hall–Kier alpha value is -1.92. The summed E-state index contributed by atoms with van der Waals surface area (Å²) < 4.78 is 5.51. The van der Waals surface area contributed by atoms with Crippen LogP contribution in [0.15, 0.2) is 24.3 Å². The third kappa shape index (κ3) is 3.89. The quantitative estimate of drug-likeness (QED) is 0.669. The number of benzene rings is 1. The van der Waals surface area contributed by atoms with Crippen LogP contribution in [0.1, 0.15) is 63.4 Å². The summed E-state index contributed by atoms with van der Waals surface area (Å²) >= 11 is 0. The molecule has 0 N–H and O–H groups in total. The third-order valence-corrected chi connectivity index (χ3v) is 7.82. The first-order valence-electron chi connectivity index (χ1n) is 12.2. The second-order valence-electron chi connectivity index (χ2n) is 9.77. The molecule has 3 heterocycles. The zero-order chi connectivity index (χ0) is 21.4. The van der Waals surface area contributed by atoms with E-state index in [4.69, 9.17) is 4.74 Å². The van der Waals surface area contributed by atoms with E-state index in [0.717, 1.165) is 70.6 Å². The first kappa shape index (κ1) is 21.0. The molecule has 4 fully saturated rings. The molecule has 4 aliphatic rings. The summed E-state index contributed by atoms with van der Waals surface area (Å²) in [5.74, 6) is 1.33. The minimum Gasteiger partial charge on any atom is -0.381 e. The largest absolute Gasteiger partial charge is 0.381 e. The highest BCUT2D eigenvalue weighted by Crippen LogP contribution is 2.42. The lowest BCUT2D eigenvalue weighted by molar-refractivity contribution is -0.125. The predicted molar refractivity (Wildman–Crippen MR) is 120 cm³/mol. The van der Waals surface area contributed by atoms with Crippen LogP contribution in [0.3, 0.4) is 0 Å². The molecule has 3 saturated heterocycles.